The molecule has 1 unspecified atom stereocenters. The van der Waals surface area contributed by atoms with Gasteiger partial charge in [-0.2, -0.15) is 0 Å². The Bertz CT molecular complexity index is 356. The van der Waals surface area contributed by atoms with Gasteiger partial charge in [-0.05, 0) is 6.92 Å². The molecule has 0 spiro atoms. The average Bonchev–Trinajstić information content (AvgIpc) is 2.22. The molecule has 0 fully saturated rings. The summed E-state index contributed by atoms with van der Waals surface area (Å²) >= 11 is 0. The van der Waals surface area contributed by atoms with Gasteiger partial charge in [0.15, 0.2) is 0 Å². The molecule has 0 aliphatic rings. The van der Waals surface area contributed by atoms with Crippen molar-refractivity contribution in [3.63, 3.8) is 0 Å². The van der Waals surface area contributed by atoms with Gasteiger partial charge in [0, 0.05) is 13.0 Å². The van der Waals surface area contributed by atoms with E-state index in [1.54, 1.807) is 6.92 Å². The SMILES string of the molecule is CC#CCCNC(=O)NC(CC(N)=O)C(=O)O. The summed E-state index contributed by atoms with van der Waals surface area (Å²) in [7, 11) is 0. The molecule has 1 atom stereocenters. The van der Waals surface area contributed by atoms with Gasteiger partial charge in [0.1, 0.15) is 6.04 Å². The Hall–Kier alpha value is -2.23. The zero-order valence-corrected chi connectivity index (χ0v) is 9.45. The highest BCUT2D eigenvalue weighted by atomic mass is 16.4. The molecular weight excluding hydrogens is 226 g/mol. The van der Waals surface area contributed by atoms with Crippen molar-refractivity contribution in [3.8, 4) is 11.8 Å². The molecule has 7 heteroatoms. The number of hydrogen-bond acceptors (Lipinski definition) is 3. The largest absolute Gasteiger partial charge is 0.480 e. The number of primary amides is 1. The van der Waals surface area contributed by atoms with Gasteiger partial charge in [-0.3, -0.25) is 4.79 Å². The molecule has 5 N–H and O–H groups in total. The first-order valence-electron chi connectivity index (χ1n) is 4.92. The summed E-state index contributed by atoms with van der Waals surface area (Å²) in [4.78, 5) is 32.5. The predicted molar refractivity (Wildman–Crippen MR) is 59.8 cm³/mol. The fourth-order valence-electron chi connectivity index (χ4n) is 0.974. The standard InChI is InChI=1S/C10H15N3O4/c1-2-3-4-5-12-10(17)13-7(9(15)16)6-8(11)14/h7H,4-6H2,1H3,(H2,11,14)(H,15,16)(H2,12,13,17). The molecule has 0 rings (SSSR count). The Labute approximate surface area is 98.7 Å². The molecule has 17 heavy (non-hydrogen) atoms. The van der Waals surface area contributed by atoms with E-state index >= 15 is 0 Å². The Morgan fingerprint density at radius 1 is 1.41 bits per heavy atom. The first kappa shape index (κ1) is 14.8. The van der Waals surface area contributed by atoms with Crippen LogP contribution in [0.2, 0.25) is 0 Å². The van der Waals surface area contributed by atoms with Crippen molar-refractivity contribution in [1.82, 2.24) is 10.6 Å². The van der Waals surface area contributed by atoms with Crippen molar-refractivity contribution < 1.29 is 19.5 Å². The van der Waals surface area contributed by atoms with Crippen molar-refractivity contribution in [2.75, 3.05) is 6.54 Å². The Kier molecular flexibility index (Phi) is 6.94. The van der Waals surface area contributed by atoms with Crippen molar-refractivity contribution in [1.29, 1.82) is 0 Å². The first-order chi connectivity index (χ1) is 7.97. The maximum absolute atomic E-state index is 11.2. The van der Waals surface area contributed by atoms with Gasteiger partial charge in [-0.25, -0.2) is 9.59 Å². The third-order valence-corrected chi connectivity index (χ3v) is 1.72. The topological polar surface area (TPSA) is 122 Å². The van der Waals surface area contributed by atoms with E-state index in [0.717, 1.165) is 0 Å². The van der Waals surface area contributed by atoms with E-state index in [1.807, 2.05) is 0 Å². The zero-order chi connectivity index (χ0) is 13.3. The van der Waals surface area contributed by atoms with Crippen molar-refractivity contribution in [2.45, 2.75) is 25.8 Å². The molecule has 7 nitrogen and oxygen atoms in total. The molecule has 0 aliphatic carbocycles. The normalized spacial score (nSPS) is 10.6. The van der Waals surface area contributed by atoms with Gasteiger partial charge in [0.25, 0.3) is 0 Å². The molecule has 0 aromatic heterocycles. The van der Waals surface area contributed by atoms with E-state index in [1.165, 1.54) is 0 Å². The third-order valence-electron chi connectivity index (χ3n) is 1.72. The van der Waals surface area contributed by atoms with E-state index in [-0.39, 0.29) is 0 Å². The highest BCUT2D eigenvalue weighted by Crippen LogP contribution is 1.91. The maximum Gasteiger partial charge on any atom is 0.326 e. The number of nitrogens with two attached hydrogens (primary N) is 1. The van der Waals surface area contributed by atoms with Crippen molar-refractivity contribution >= 4 is 17.9 Å². The van der Waals surface area contributed by atoms with Crippen molar-refractivity contribution in [2.24, 2.45) is 5.73 Å². The molecule has 0 aromatic rings. The second-order valence-corrected chi connectivity index (χ2v) is 3.14. The van der Waals surface area contributed by atoms with Crippen LogP contribution in [0.15, 0.2) is 0 Å². The Morgan fingerprint density at radius 3 is 2.53 bits per heavy atom. The predicted octanol–water partition coefficient (Wildman–Crippen LogP) is -0.972. The second kappa shape index (κ2) is 7.98. The third kappa shape index (κ3) is 7.67. The number of rotatable bonds is 6. The number of nitrogens with one attached hydrogen (secondary N) is 2. The van der Waals surface area contributed by atoms with E-state index in [4.69, 9.17) is 10.8 Å². The molecule has 0 radical (unpaired) electrons. The summed E-state index contributed by atoms with van der Waals surface area (Å²) in [5.41, 5.74) is 4.85. The summed E-state index contributed by atoms with van der Waals surface area (Å²) in [6.07, 6.45) is 0.0228. The summed E-state index contributed by atoms with van der Waals surface area (Å²) in [5, 5.41) is 13.2. The fraction of sp³-hybridized carbons (Fsp3) is 0.500. The lowest BCUT2D eigenvalue weighted by atomic mass is 10.2. The molecule has 0 saturated carbocycles. The van der Waals surface area contributed by atoms with Crippen LogP contribution in [-0.2, 0) is 9.59 Å². The van der Waals surface area contributed by atoms with Crippen LogP contribution in [-0.4, -0.2) is 35.6 Å². The van der Waals surface area contributed by atoms with Gasteiger partial charge >= 0.3 is 12.0 Å². The van der Waals surface area contributed by atoms with Crippen LogP contribution >= 0.6 is 0 Å². The van der Waals surface area contributed by atoms with E-state index in [0.29, 0.717) is 13.0 Å². The van der Waals surface area contributed by atoms with E-state index in [2.05, 4.69) is 22.5 Å². The van der Waals surface area contributed by atoms with Gasteiger partial charge in [0.05, 0.1) is 6.42 Å². The summed E-state index contributed by atoms with van der Waals surface area (Å²) in [5.74, 6) is 3.27. The number of urea groups is 1. The lowest BCUT2D eigenvalue weighted by Gasteiger charge is -2.12. The molecule has 3 amide bonds. The van der Waals surface area contributed by atoms with Crippen LogP contribution in [0.5, 0.6) is 0 Å². The smallest absolute Gasteiger partial charge is 0.326 e. The molecule has 0 heterocycles. The minimum atomic E-state index is -1.32. The molecule has 0 aliphatic heterocycles. The Balaban J connectivity index is 4.07. The molecule has 0 aromatic carbocycles. The zero-order valence-electron chi connectivity index (χ0n) is 9.45. The van der Waals surface area contributed by atoms with Crippen LogP contribution < -0.4 is 16.4 Å². The van der Waals surface area contributed by atoms with Crippen LogP contribution in [0.25, 0.3) is 0 Å². The van der Waals surface area contributed by atoms with Gasteiger partial charge in [0.2, 0.25) is 5.91 Å². The molecular formula is C10H15N3O4. The number of carbonyl (C=O) groups is 3. The van der Waals surface area contributed by atoms with Crippen LogP contribution in [0.1, 0.15) is 19.8 Å². The quantitative estimate of drug-likeness (QED) is 0.353. The monoisotopic (exact) mass is 241 g/mol. The number of carbonyl (C=O) groups excluding carboxylic acids is 2. The van der Waals surface area contributed by atoms with E-state index < -0.39 is 30.4 Å². The van der Waals surface area contributed by atoms with Gasteiger partial charge in [-0.1, -0.05) is 0 Å². The highest BCUT2D eigenvalue weighted by Gasteiger charge is 2.21. The molecule has 0 saturated heterocycles. The average molecular weight is 241 g/mol. The second-order valence-electron chi connectivity index (χ2n) is 3.14. The molecule has 0 bridgehead atoms. The maximum atomic E-state index is 11.2. The first-order valence-corrected chi connectivity index (χ1v) is 4.92. The minimum absolute atomic E-state index is 0.301. The summed E-state index contributed by atoms with van der Waals surface area (Å²) < 4.78 is 0. The van der Waals surface area contributed by atoms with Crippen LogP contribution in [0.4, 0.5) is 4.79 Å². The molecule has 94 valence electrons. The summed E-state index contributed by atoms with van der Waals surface area (Å²) in [6, 6.07) is -1.98. The van der Waals surface area contributed by atoms with Gasteiger partial charge < -0.3 is 21.5 Å². The van der Waals surface area contributed by atoms with Gasteiger partial charge in [-0.15, -0.1) is 11.8 Å². The fourth-order valence-corrected chi connectivity index (χ4v) is 0.974. The number of amides is 3. The lowest BCUT2D eigenvalue weighted by Crippen LogP contribution is -2.47. The van der Waals surface area contributed by atoms with Crippen LogP contribution in [0.3, 0.4) is 0 Å². The number of aliphatic carboxylic acids is 1. The number of carboxylic acid groups (broad SMARTS) is 1. The van der Waals surface area contributed by atoms with E-state index in [9.17, 15) is 14.4 Å². The van der Waals surface area contributed by atoms with Crippen molar-refractivity contribution in [3.05, 3.63) is 0 Å². The number of carboxylic acids is 1. The lowest BCUT2D eigenvalue weighted by molar-refractivity contribution is -0.140. The Morgan fingerprint density at radius 2 is 2.06 bits per heavy atom. The van der Waals surface area contributed by atoms with Crippen LogP contribution in [0, 0.1) is 11.8 Å². The highest BCUT2D eigenvalue weighted by molar-refractivity contribution is 5.87. The summed E-state index contributed by atoms with van der Waals surface area (Å²) in [6.45, 7) is 1.98. The minimum Gasteiger partial charge on any atom is -0.480 e. The number of hydrogen-bond donors (Lipinski definition) is 4.